The number of urea groups is 1. The Morgan fingerprint density at radius 3 is 2.41 bits per heavy atom. The third kappa shape index (κ3) is 9.77. The van der Waals surface area contributed by atoms with E-state index in [2.05, 4.69) is 21.3 Å². The van der Waals surface area contributed by atoms with Crippen LogP contribution in [0, 0.1) is 0 Å². The number of benzene rings is 1. The van der Waals surface area contributed by atoms with Gasteiger partial charge in [0.1, 0.15) is 6.61 Å². The molecule has 0 bridgehead atoms. The van der Waals surface area contributed by atoms with E-state index in [4.69, 9.17) is 10.5 Å². The van der Waals surface area contributed by atoms with E-state index >= 15 is 0 Å². The zero-order chi connectivity index (χ0) is 21.6. The third-order valence-corrected chi connectivity index (χ3v) is 4.23. The van der Waals surface area contributed by atoms with Crippen molar-refractivity contribution in [2.24, 2.45) is 5.73 Å². The van der Waals surface area contributed by atoms with Gasteiger partial charge in [0.15, 0.2) is 0 Å². The Hall–Kier alpha value is -2.85. The molecule has 0 spiro atoms. The lowest BCUT2D eigenvalue weighted by Crippen LogP contribution is -2.39. The number of nitrogens with zero attached hydrogens (tertiary/aromatic N) is 1. The number of nitrogens with two attached hydrogens (primary N) is 1. The van der Waals surface area contributed by atoms with Gasteiger partial charge in [-0.2, -0.15) is 0 Å². The second-order valence-electron chi connectivity index (χ2n) is 6.54. The van der Waals surface area contributed by atoms with E-state index in [-0.39, 0.29) is 18.6 Å². The summed E-state index contributed by atoms with van der Waals surface area (Å²) in [5, 5.41) is 11.3. The standard InChI is InChI=1S/C19H32N6O4/c1-21-11-12-25(3)19(28)29-13-14-6-8-15(9-7-14)24-17(26)16(22-2)5-4-10-23-18(20)27/h6-9,16,21-22H,4-5,10-13H2,1-3H3,(H,24,26)(H3,20,23,27). The van der Waals surface area contributed by atoms with Gasteiger partial charge >= 0.3 is 12.1 Å². The lowest BCUT2D eigenvalue weighted by atomic mass is 10.1. The van der Waals surface area contributed by atoms with Crippen LogP contribution in [0.3, 0.4) is 0 Å². The van der Waals surface area contributed by atoms with E-state index in [1.54, 1.807) is 38.4 Å². The molecule has 1 atom stereocenters. The van der Waals surface area contributed by atoms with Gasteiger partial charge in [0.25, 0.3) is 0 Å². The highest BCUT2D eigenvalue weighted by molar-refractivity contribution is 5.94. The van der Waals surface area contributed by atoms with Gasteiger partial charge in [-0.05, 0) is 44.6 Å². The summed E-state index contributed by atoms with van der Waals surface area (Å²) >= 11 is 0. The average Bonchev–Trinajstić information content (AvgIpc) is 2.70. The predicted molar refractivity (Wildman–Crippen MR) is 111 cm³/mol. The van der Waals surface area contributed by atoms with Crippen LogP contribution < -0.4 is 27.0 Å². The number of anilines is 1. The zero-order valence-electron chi connectivity index (χ0n) is 17.3. The van der Waals surface area contributed by atoms with E-state index in [1.807, 2.05) is 7.05 Å². The molecular formula is C19H32N6O4. The molecule has 0 radical (unpaired) electrons. The number of nitrogens with one attached hydrogen (secondary N) is 4. The first-order chi connectivity index (χ1) is 13.9. The molecule has 10 nitrogen and oxygen atoms in total. The molecule has 0 aromatic heterocycles. The number of amides is 4. The second kappa shape index (κ2) is 13.3. The molecule has 0 saturated heterocycles. The fourth-order valence-electron chi connectivity index (χ4n) is 2.46. The smallest absolute Gasteiger partial charge is 0.409 e. The normalized spacial score (nSPS) is 11.4. The zero-order valence-corrected chi connectivity index (χ0v) is 17.3. The number of carbonyl (C=O) groups is 3. The monoisotopic (exact) mass is 408 g/mol. The summed E-state index contributed by atoms with van der Waals surface area (Å²) in [6.45, 7) is 1.82. The molecule has 0 aliphatic heterocycles. The Labute approximate surface area is 171 Å². The first-order valence-corrected chi connectivity index (χ1v) is 9.50. The fourth-order valence-corrected chi connectivity index (χ4v) is 2.46. The van der Waals surface area contributed by atoms with Gasteiger partial charge in [0, 0.05) is 32.4 Å². The van der Waals surface area contributed by atoms with Crippen LogP contribution in [-0.2, 0) is 16.1 Å². The molecular weight excluding hydrogens is 376 g/mol. The molecule has 6 N–H and O–H groups in total. The Morgan fingerprint density at radius 2 is 1.83 bits per heavy atom. The number of primary amides is 1. The predicted octanol–water partition coefficient (Wildman–Crippen LogP) is 0.449. The number of rotatable bonds is 12. The van der Waals surface area contributed by atoms with E-state index in [1.165, 1.54) is 4.90 Å². The van der Waals surface area contributed by atoms with Crippen molar-refractivity contribution < 1.29 is 19.1 Å². The van der Waals surface area contributed by atoms with Gasteiger partial charge in [-0.1, -0.05) is 12.1 Å². The molecule has 1 aromatic rings. The van der Waals surface area contributed by atoms with Gasteiger partial charge in [0.05, 0.1) is 6.04 Å². The summed E-state index contributed by atoms with van der Waals surface area (Å²) in [6.07, 6.45) is 0.785. The van der Waals surface area contributed by atoms with Crippen LogP contribution in [0.25, 0.3) is 0 Å². The summed E-state index contributed by atoms with van der Waals surface area (Å²) < 4.78 is 5.26. The van der Waals surface area contributed by atoms with E-state index < -0.39 is 12.1 Å². The maximum Gasteiger partial charge on any atom is 0.409 e. The van der Waals surface area contributed by atoms with Crippen LogP contribution in [0.15, 0.2) is 24.3 Å². The largest absolute Gasteiger partial charge is 0.445 e. The highest BCUT2D eigenvalue weighted by Gasteiger charge is 2.16. The molecule has 0 aliphatic carbocycles. The van der Waals surface area contributed by atoms with Crippen molar-refractivity contribution in [2.75, 3.05) is 46.1 Å². The van der Waals surface area contributed by atoms with Crippen molar-refractivity contribution in [3.63, 3.8) is 0 Å². The van der Waals surface area contributed by atoms with E-state index in [9.17, 15) is 14.4 Å². The summed E-state index contributed by atoms with van der Waals surface area (Å²) in [4.78, 5) is 36.4. The Kier molecular flexibility index (Phi) is 11.1. The topological polar surface area (TPSA) is 138 Å². The number of hydrogen-bond donors (Lipinski definition) is 5. The lowest BCUT2D eigenvalue weighted by Gasteiger charge is -2.17. The van der Waals surface area contributed by atoms with Crippen molar-refractivity contribution in [3.8, 4) is 0 Å². The van der Waals surface area contributed by atoms with E-state index in [0.29, 0.717) is 38.2 Å². The molecule has 29 heavy (non-hydrogen) atoms. The van der Waals surface area contributed by atoms with Gasteiger partial charge in [-0.15, -0.1) is 0 Å². The van der Waals surface area contributed by atoms with Crippen molar-refractivity contribution in [1.29, 1.82) is 0 Å². The maximum absolute atomic E-state index is 12.4. The average molecular weight is 409 g/mol. The van der Waals surface area contributed by atoms with Crippen molar-refractivity contribution >= 4 is 23.7 Å². The Balaban J connectivity index is 2.44. The molecule has 0 saturated carbocycles. The first kappa shape index (κ1) is 24.2. The minimum absolute atomic E-state index is 0.156. The molecule has 0 heterocycles. The maximum atomic E-state index is 12.4. The van der Waals surface area contributed by atoms with Crippen LogP contribution in [0.4, 0.5) is 15.3 Å². The third-order valence-electron chi connectivity index (χ3n) is 4.23. The van der Waals surface area contributed by atoms with Crippen molar-refractivity contribution in [2.45, 2.75) is 25.5 Å². The second-order valence-corrected chi connectivity index (χ2v) is 6.54. The molecule has 1 rings (SSSR count). The number of ether oxygens (including phenoxy) is 1. The van der Waals surface area contributed by atoms with Crippen LogP contribution in [-0.4, -0.2) is 69.8 Å². The van der Waals surface area contributed by atoms with Crippen molar-refractivity contribution in [1.82, 2.24) is 20.9 Å². The quantitative estimate of drug-likeness (QED) is 0.318. The van der Waals surface area contributed by atoms with Gasteiger partial charge < -0.3 is 36.6 Å². The summed E-state index contributed by atoms with van der Waals surface area (Å²) in [5.41, 5.74) is 6.48. The Bertz CT molecular complexity index is 653. The fraction of sp³-hybridized carbons (Fsp3) is 0.526. The Morgan fingerprint density at radius 1 is 1.14 bits per heavy atom. The highest BCUT2D eigenvalue weighted by Crippen LogP contribution is 2.12. The summed E-state index contributed by atoms with van der Waals surface area (Å²) in [6, 6.07) is 6.13. The molecule has 10 heteroatoms. The van der Waals surface area contributed by atoms with Crippen molar-refractivity contribution in [3.05, 3.63) is 29.8 Å². The molecule has 1 aromatic carbocycles. The summed E-state index contributed by atoms with van der Waals surface area (Å²) in [5.74, 6) is -0.170. The molecule has 4 amide bonds. The van der Waals surface area contributed by atoms with Gasteiger partial charge in [-0.25, -0.2) is 9.59 Å². The van der Waals surface area contributed by atoms with Crippen LogP contribution >= 0.6 is 0 Å². The highest BCUT2D eigenvalue weighted by atomic mass is 16.6. The van der Waals surface area contributed by atoms with Gasteiger partial charge in [-0.3, -0.25) is 4.79 Å². The molecule has 0 fully saturated rings. The summed E-state index contributed by atoms with van der Waals surface area (Å²) in [7, 11) is 5.21. The first-order valence-electron chi connectivity index (χ1n) is 9.50. The minimum Gasteiger partial charge on any atom is -0.445 e. The van der Waals surface area contributed by atoms with Crippen LogP contribution in [0.2, 0.25) is 0 Å². The minimum atomic E-state index is -0.578. The molecule has 0 aliphatic rings. The van der Waals surface area contributed by atoms with Crippen LogP contribution in [0.1, 0.15) is 18.4 Å². The van der Waals surface area contributed by atoms with Gasteiger partial charge in [0.2, 0.25) is 5.91 Å². The SMILES string of the molecule is CNCCN(C)C(=O)OCc1ccc(NC(=O)C(CCCNC(N)=O)NC)cc1. The van der Waals surface area contributed by atoms with Crippen LogP contribution in [0.5, 0.6) is 0 Å². The molecule has 162 valence electrons. The number of carbonyl (C=O) groups excluding carboxylic acids is 3. The number of likely N-dealkylation sites (N-methyl/N-ethyl adjacent to an activating group) is 3. The molecule has 1 unspecified atom stereocenters. The lowest BCUT2D eigenvalue weighted by molar-refractivity contribution is -0.118. The van der Waals surface area contributed by atoms with E-state index in [0.717, 1.165) is 5.56 Å². The number of hydrogen-bond acceptors (Lipinski definition) is 6.